The van der Waals surface area contributed by atoms with Crippen molar-refractivity contribution in [3.63, 3.8) is 0 Å². The SMILES string of the molecule is CCn1c(=O)c(C(=O)CN2CCN(C)CC2)c(N)n(Cc2ccccc2)c1=O. The van der Waals surface area contributed by atoms with E-state index in [9.17, 15) is 14.4 Å². The number of nitrogen functional groups attached to an aromatic ring is 1. The first kappa shape index (κ1) is 20.0. The second-order valence-electron chi connectivity index (χ2n) is 7.17. The number of likely N-dealkylation sites (N-methyl/N-ethyl adjacent to an activating group) is 1. The Morgan fingerprint density at radius 2 is 1.68 bits per heavy atom. The van der Waals surface area contributed by atoms with Gasteiger partial charge in [-0.3, -0.25) is 23.6 Å². The molecular formula is C20H27N5O3. The normalized spacial score (nSPS) is 15.6. The Bertz CT molecular complexity index is 956. The Labute approximate surface area is 163 Å². The molecule has 2 aromatic rings. The lowest BCUT2D eigenvalue weighted by Gasteiger charge is -2.31. The summed E-state index contributed by atoms with van der Waals surface area (Å²) in [6.07, 6.45) is 0. The third kappa shape index (κ3) is 4.07. The quantitative estimate of drug-likeness (QED) is 0.709. The Morgan fingerprint density at radius 3 is 2.29 bits per heavy atom. The van der Waals surface area contributed by atoms with Gasteiger partial charge in [-0.25, -0.2) is 4.79 Å². The zero-order valence-corrected chi connectivity index (χ0v) is 16.4. The highest BCUT2D eigenvalue weighted by atomic mass is 16.2. The average molecular weight is 385 g/mol. The van der Waals surface area contributed by atoms with E-state index in [4.69, 9.17) is 5.73 Å². The molecule has 0 amide bonds. The molecule has 1 saturated heterocycles. The second-order valence-corrected chi connectivity index (χ2v) is 7.17. The number of carbonyl (C=O) groups is 1. The van der Waals surface area contributed by atoms with Crippen molar-refractivity contribution in [2.75, 3.05) is 45.5 Å². The van der Waals surface area contributed by atoms with E-state index in [1.165, 1.54) is 4.57 Å². The molecule has 0 unspecified atom stereocenters. The zero-order valence-electron chi connectivity index (χ0n) is 16.4. The highest BCUT2D eigenvalue weighted by Crippen LogP contribution is 2.11. The Kier molecular flexibility index (Phi) is 6.11. The molecule has 1 aliphatic heterocycles. The number of hydrogen-bond donors (Lipinski definition) is 1. The molecule has 0 bridgehead atoms. The van der Waals surface area contributed by atoms with Gasteiger partial charge in [0.1, 0.15) is 11.4 Å². The molecule has 28 heavy (non-hydrogen) atoms. The van der Waals surface area contributed by atoms with Crippen LogP contribution >= 0.6 is 0 Å². The first-order valence-electron chi connectivity index (χ1n) is 9.53. The van der Waals surface area contributed by atoms with Gasteiger partial charge in [-0.2, -0.15) is 0 Å². The Balaban J connectivity index is 1.98. The minimum Gasteiger partial charge on any atom is -0.384 e. The van der Waals surface area contributed by atoms with Gasteiger partial charge in [0.15, 0.2) is 5.78 Å². The third-order valence-corrected chi connectivity index (χ3v) is 5.21. The number of carbonyl (C=O) groups excluding carboxylic acids is 1. The van der Waals surface area contributed by atoms with Crippen molar-refractivity contribution in [2.24, 2.45) is 0 Å². The minimum atomic E-state index is -0.603. The van der Waals surface area contributed by atoms with Crippen LogP contribution < -0.4 is 17.0 Å². The molecule has 150 valence electrons. The molecule has 0 radical (unpaired) electrons. The summed E-state index contributed by atoms with van der Waals surface area (Å²) in [6, 6.07) is 9.36. The summed E-state index contributed by atoms with van der Waals surface area (Å²) in [6.45, 7) is 5.48. The number of rotatable bonds is 6. The molecule has 1 fully saturated rings. The number of Topliss-reactive ketones (excluding diaryl/α,β-unsaturated/α-hetero) is 1. The zero-order chi connectivity index (χ0) is 20.3. The number of anilines is 1. The summed E-state index contributed by atoms with van der Waals surface area (Å²) in [5.41, 5.74) is 5.87. The van der Waals surface area contributed by atoms with E-state index in [2.05, 4.69) is 4.90 Å². The largest absolute Gasteiger partial charge is 0.384 e. The van der Waals surface area contributed by atoms with Gasteiger partial charge >= 0.3 is 5.69 Å². The van der Waals surface area contributed by atoms with Crippen molar-refractivity contribution in [2.45, 2.75) is 20.0 Å². The molecule has 3 rings (SSSR count). The maximum absolute atomic E-state index is 13.0. The van der Waals surface area contributed by atoms with Crippen LogP contribution in [0.25, 0.3) is 0 Å². The minimum absolute atomic E-state index is 0.0531. The fourth-order valence-electron chi connectivity index (χ4n) is 3.46. The standard InChI is InChI=1S/C20H27N5O3/c1-3-24-19(27)17(16(26)14-23-11-9-22(2)10-12-23)18(21)25(20(24)28)13-15-7-5-4-6-8-15/h4-8H,3,9-14,21H2,1-2H3. The Morgan fingerprint density at radius 1 is 1.04 bits per heavy atom. The lowest BCUT2D eigenvalue weighted by Crippen LogP contribution is -2.48. The van der Waals surface area contributed by atoms with E-state index in [0.717, 1.165) is 36.3 Å². The summed E-state index contributed by atoms with van der Waals surface area (Å²) in [5, 5.41) is 0. The van der Waals surface area contributed by atoms with Crippen molar-refractivity contribution in [1.82, 2.24) is 18.9 Å². The van der Waals surface area contributed by atoms with Crippen molar-refractivity contribution in [3.05, 3.63) is 62.3 Å². The molecular weight excluding hydrogens is 358 g/mol. The average Bonchev–Trinajstić information content (AvgIpc) is 2.68. The van der Waals surface area contributed by atoms with Crippen LogP contribution in [0.2, 0.25) is 0 Å². The van der Waals surface area contributed by atoms with Crippen LogP contribution in [-0.4, -0.2) is 64.5 Å². The van der Waals surface area contributed by atoms with Gasteiger partial charge in [0.25, 0.3) is 5.56 Å². The smallest absolute Gasteiger partial charge is 0.332 e. The predicted molar refractivity (Wildman–Crippen MR) is 109 cm³/mol. The van der Waals surface area contributed by atoms with Gasteiger partial charge in [0.05, 0.1) is 13.1 Å². The van der Waals surface area contributed by atoms with E-state index >= 15 is 0 Å². The molecule has 0 spiro atoms. The van der Waals surface area contributed by atoms with Gasteiger partial charge in [0, 0.05) is 32.7 Å². The number of ketones is 1. The van der Waals surface area contributed by atoms with Crippen LogP contribution in [0.4, 0.5) is 5.82 Å². The molecule has 1 aromatic carbocycles. The van der Waals surface area contributed by atoms with Crippen molar-refractivity contribution >= 4 is 11.6 Å². The van der Waals surface area contributed by atoms with Crippen LogP contribution in [0.5, 0.6) is 0 Å². The van der Waals surface area contributed by atoms with Crippen LogP contribution in [0, 0.1) is 0 Å². The van der Waals surface area contributed by atoms with E-state index in [0.29, 0.717) is 0 Å². The number of piperazine rings is 1. The van der Waals surface area contributed by atoms with Gasteiger partial charge < -0.3 is 10.6 Å². The van der Waals surface area contributed by atoms with Gasteiger partial charge in [-0.1, -0.05) is 30.3 Å². The first-order valence-corrected chi connectivity index (χ1v) is 9.53. The van der Waals surface area contributed by atoms with E-state index in [-0.39, 0.29) is 36.8 Å². The maximum Gasteiger partial charge on any atom is 0.332 e. The van der Waals surface area contributed by atoms with E-state index < -0.39 is 11.2 Å². The van der Waals surface area contributed by atoms with Crippen LogP contribution in [0.15, 0.2) is 39.9 Å². The molecule has 0 saturated carbocycles. The third-order valence-electron chi connectivity index (χ3n) is 5.21. The van der Waals surface area contributed by atoms with Gasteiger partial charge in [-0.05, 0) is 19.5 Å². The number of nitrogens with zero attached hydrogens (tertiary/aromatic N) is 4. The fourth-order valence-corrected chi connectivity index (χ4v) is 3.46. The van der Waals surface area contributed by atoms with Crippen molar-refractivity contribution < 1.29 is 4.79 Å². The number of nitrogens with two attached hydrogens (primary N) is 1. The lowest BCUT2D eigenvalue weighted by atomic mass is 10.1. The number of benzene rings is 1. The molecule has 8 nitrogen and oxygen atoms in total. The van der Waals surface area contributed by atoms with Crippen LogP contribution in [-0.2, 0) is 13.1 Å². The van der Waals surface area contributed by atoms with Crippen molar-refractivity contribution in [3.8, 4) is 0 Å². The topological polar surface area (TPSA) is 93.6 Å². The molecule has 1 aromatic heterocycles. The highest BCUT2D eigenvalue weighted by Gasteiger charge is 2.25. The Hall–Kier alpha value is -2.71. The van der Waals surface area contributed by atoms with E-state index in [1.807, 2.05) is 42.3 Å². The molecule has 2 heterocycles. The summed E-state index contributed by atoms with van der Waals surface area (Å²) in [4.78, 5) is 42.7. The van der Waals surface area contributed by atoms with Crippen LogP contribution in [0.1, 0.15) is 22.8 Å². The molecule has 0 aliphatic carbocycles. The summed E-state index contributed by atoms with van der Waals surface area (Å²) < 4.78 is 2.40. The molecule has 0 atom stereocenters. The monoisotopic (exact) mass is 385 g/mol. The summed E-state index contributed by atoms with van der Waals surface area (Å²) in [7, 11) is 2.04. The predicted octanol–water partition coefficient (Wildman–Crippen LogP) is 0.0905. The molecule has 1 aliphatic rings. The second kappa shape index (κ2) is 8.53. The fraction of sp³-hybridized carbons (Fsp3) is 0.450. The summed E-state index contributed by atoms with van der Waals surface area (Å²) in [5.74, 6) is -0.390. The van der Waals surface area contributed by atoms with Crippen LogP contribution in [0.3, 0.4) is 0 Å². The maximum atomic E-state index is 13.0. The lowest BCUT2D eigenvalue weighted by molar-refractivity contribution is 0.0874. The molecule has 8 heteroatoms. The first-order chi connectivity index (χ1) is 13.4. The highest BCUT2D eigenvalue weighted by molar-refractivity contribution is 6.01. The number of aromatic nitrogens is 2. The molecule has 2 N–H and O–H groups in total. The van der Waals surface area contributed by atoms with Gasteiger partial charge in [0.2, 0.25) is 0 Å². The number of hydrogen-bond acceptors (Lipinski definition) is 6. The summed E-state index contributed by atoms with van der Waals surface area (Å²) >= 11 is 0. The van der Waals surface area contributed by atoms with Gasteiger partial charge in [-0.15, -0.1) is 0 Å². The van der Waals surface area contributed by atoms with E-state index in [1.54, 1.807) is 6.92 Å². The van der Waals surface area contributed by atoms with Crippen molar-refractivity contribution in [1.29, 1.82) is 0 Å².